The SMILES string of the molecule is C=C(Cc1ccccc1)Cn1c(O)cc(=O)n(CC(=C)Cc2ccccc2)c1=O. The number of nitrogens with zero attached hydrogens (tertiary/aromatic N) is 2. The van der Waals surface area contributed by atoms with Crippen LogP contribution in [0, 0.1) is 0 Å². The van der Waals surface area contributed by atoms with Crippen LogP contribution in [0.3, 0.4) is 0 Å². The molecular weight excluding hydrogens is 364 g/mol. The number of hydrogen-bond donors (Lipinski definition) is 1. The van der Waals surface area contributed by atoms with Gasteiger partial charge >= 0.3 is 5.69 Å². The number of rotatable bonds is 8. The van der Waals surface area contributed by atoms with Crippen LogP contribution in [0.15, 0.2) is 101 Å². The summed E-state index contributed by atoms with van der Waals surface area (Å²) in [4.78, 5) is 25.2. The minimum atomic E-state index is -0.571. The van der Waals surface area contributed by atoms with E-state index in [0.717, 1.165) is 32.9 Å². The highest BCUT2D eigenvalue weighted by Crippen LogP contribution is 2.12. The summed E-state index contributed by atoms with van der Waals surface area (Å²) in [5, 5.41) is 10.2. The van der Waals surface area contributed by atoms with Gasteiger partial charge in [0.05, 0.1) is 19.2 Å². The van der Waals surface area contributed by atoms with Crippen LogP contribution in [0.2, 0.25) is 0 Å². The standard InChI is InChI=1S/C24H24N2O3/c1-18(13-20-9-5-3-6-10-20)16-25-22(27)15-23(28)26(24(25)29)17-19(2)14-21-11-7-4-8-12-21/h3-12,15,27H,1-2,13-14,16-17H2. The monoisotopic (exact) mass is 388 g/mol. The van der Waals surface area contributed by atoms with E-state index in [-0.39, 0.29) is 19.0 Å². The van der Waals surface area contributed by atoms with E-state index in [1.807, 2.05) is 60.7 Å². The molecule has 3 aromatic rings. The molecule has 2 aromatic carbocycles. The van der Waals surface area contributed by atoms with Crippen molar-refractivity contribution in [1.29, 1.82) is 0 Å². The van der Waals surface area contributed by atoms with Gasteiger partial charge in [-0.05, 0) is 24.0 Å². The predicted octanol–water partition coefficient (Wildman–Crippen LogP) is 3.31. The maximum absolute atomic E-state index is 12.9. The van der Waals surface area contributed by atoms with Crippen LogP contribution in [0.4, 0.5) is 0 Å². The molecule has 0 aliphatic rings. The fraction of sp³-hybridized carbons (Fsp3) is 0.167. The second-order valence-corrected chi connectivity index (χ2v) is 7.12. The van der Waals surface area contributed by atoms with E-state index in [9.17, 15) is 14.7 Å². The molecule has 0 saturated heterocycles. The van der Waals surface area contributed by atoms with Gasteiger partial charge in [0, 0.05) is 0 Å². The van der Waals surface area contributed by atoms with Gasteiger partial charge in [0.25, 0.3) is 5.56 Å². The molecule has 5 heteroatoms. The molecule has 1 N–H and O–H groups in total. The Bertz CT molecular complexity index is 1130. The topological polar surface area (TPSA) is 64.2 Å². The van der Waals surface area contributed by atoms with Crippen molar-refractivity contribution in [3.8, 4) is 5.88 Å². The number of aromatic nitrogens is 2. The molecule has 1 aromatic heterocycles. The van der Waals surface area contributed by atoms with Gasteiger partial charge in [0.1, 0.15) is 0 Å². The zero-order valence-electron chi connectivity index (χ0n) is 16.3. The Kier molecular flexibility index (Phi) is 6.29. The van der Waals surface area contributed by atoms with Gasteiger partial charge in [-0.3, -0.25) is 13.9 Å². The molecule has 0 aliphatic carbocycles. The Morgan fingerprint density at radius 2 is 1.21 bits per heavy atom. The average molecular weight is 388 g/mol. The first-order chi connectivity index (χ1) is 13.9. The zero-order chi connectivity index (χ0) is 20.8. The first kappa shape index (κ1) is 20.1. The lowest BCUT2D eigenvalue weighted by Crippen LogP contribution is -2.40. The second kappa shape index (κ2) is 9.06. The Morgan fingerprint density at radius 3 is 1.69 bits per heavy atom. The van der Waals surface area contributed by atoms with Crippen LogP contribution < -0.4 is 11.2 Å². The van der Waals surface area contributed by atoms with Crippen molar-refractivity contribution >= 4 is 0 Å². The van der Waals surface area contributed by atoms with Gasteiger partial charge in [-0.2, -0.15) is 0 Å². The van der Waals surface area contributed by atoms with Crippen molar-refractivity contribution in [2.45, 2.75) is 25.9 Å². The summed E-state index contributed by atoms with van der Waals surface area (Å²) in [7, 11) is 0. The lowest BCUT2D eigenvalue weighted by molar-refractivity contribution is 0.398. The van der Waals surface area contributed by atoms with Crippen LogP contribution in [-0.2, 0) is 25.9 Å². The van der Waals surface area contributed by atoms with Gasteiger partial charge in [-0.25, -0.2) is 4.79 Å². The van der Waals surface area contributed by atoms with Gasteiger partial charge < -0.3 is 5.11 Å². The Hall–Kier alpha value is -3.60. The molecule has 0 atom stereocenters. The van der Waals surface area contributed by atoms with Crippen LogP contribution in [0.1, 0.15) is 11.1 Å². The number of allylic oxidation sites excluding steroid dienone is 2. The molecule has 3 rings (SSSR count). The van der Waals surface area contributed by atoms with Crippen LogP contribution in [0.25, 0.3) is 0 Å². The fourth-order valence-corrected chi connectivity index (χ4v) is 3.23. The van der Waals surface area contributed by atoms with Crippen molar-refractivity contribution in [1.82, 2.24) is 9.13 Å². The average Bonchev–Trinajstić information content (AvgIpc) is 2.70. The van der Waals surface area contributed by atoms with E-state index < -0.39 is 11.2 Å². The first-order valence-corrected chi connectivity index (χ1v) is 9.39. The lowest BCUT2D eigenvalue weighted by Gasteiger charge is -2.14. The van der Waals surface area contributed by atoms with Crippen molar-refractivity contribution in [3.05, 3.63) is 123 Å². The molecule has 0 unspecified atom stereocenters. The summed E-state index contributed by atoms with van der Waals surface area (Å²) in [5.41, 5.74) is 2.48. The minimum absolute atomic E-state index is 0.0952. The van der Waals surface area contributed by atoms with E-state index in [0.29, 0.717) is 12.8 Å². The normalized spacial score (nSPS) is 10.6. The van der Waals surface area contributed by atoms with Crippen molar-refractivity contribution < 1.29 is 5.11 Å². The van der Waals surface area contributed by atoms with Gasteiger partial charge in [-0.15, -0.1) is 0 Å². The minimum Gasteiger partial charge on any atom is -0.494 e. The third-order valence-electron chi connectivity index (χ3n) is 4.61. The van der Waals surface area contributed by atoms with Crippen molar-refractivity contribution in [2.75, 3.05) is 0 Å². The zero-order valence-corrected chi connectivity index (χ0v) is 16.3. The fourth-order valence-electron chi connectivity index (χ4n) is 3.23. The summed E-state index contributed by atoms with van der Waals surface area (Å²) in [6.07, 6.45) is 1.14. The highest BCUT2D eigenvalue weighted by molar-refractivity contribution is 5.22. The molecule has 0 spiro atoms. The summed E-state index contributed by atoms with van der Waals surface area (Å²) >= 11 is 0. The van der Waals surface area contributed by atoms with E-state index in [2.05, 4.69) is 13.2 Å². The molecule has 0 fully saturated rings. The number of hydrogen-bond acceptors (Lipinski definition) is 3. The molecular formula is C24H24N2O3. The maximum atomic E-state index is 12.9. The van der Waals surface area contributed by atoms with E-state index in [1.54, 1.807) is 0 Å². The van der Waals surface area contributed by atoms with Crippen molar-refractivity contribution in [3.63, 3.8) is 0 Å². The summed E-state index contributed by atoms with van der Waals surface area (Å²) < 4.78 is 2.27. The van der Waals surface area contributed by atoms with E-state index in [1.165, 1.54) is 4.57 Å². The van der Waals surface area contributed by atoms with E-state index in [4.69, 9.17) is 0 Å². The molecule has 29 heavy (non-hydrogen) atoms. The third kappa shape index (κ3) is 5.23. The number of benzene rings is 2. The Balaban J connectivity index is 1.79. The molecule has 0 saturated carbocycles. The molecule has 0 radical (unpaired) electrons. The summed E-state index contributed by atoms with van der Waals surface area (Å²) in [6, 6.07) is 20.5. The number of aromatic hydroxyl groups is 1. The van der Waals surface area contributed by atoms with Crippen molar-refractivity contribution in [2.24, 2.45) is 0 Å². The Morgan fingerprint density at radius 1 is 0.759 bits per heavy atom. The maximum Gasteiger partial charge on any atom is 0.334 e. The summed E-state index contributed by atoms with van der Waals surface area (Å²) in [6.45, 7) is 8.25. The predicted molar refractivity (Wildman–Crippen MR) is 115 cm³/mol. The Labute approximate surface area is 169 Å². The highest BCUT2D eigenvalue weighted by atomic mass is 16.3. The van der Waals surface area contributed by atoms with Crippen LogP contribution in [-0.4, -0.2) is 14.2 Å². The second-order valence-electron chi connectivity index (χ2n) is 7.12. The quantitative estimate of drug-likeness (QED) is 0.602. The van der Waals surface area contributed by atoms with Crippen LogP contribution >= 0.6 is 0 Å². The lowest BCUT2D eigenvalue weighted by atomic mass is 10.1. The largest absolute Gasteiger partial charge is 0.494 e. The van der Waals surface area contributed by atoms with Crippen LogP contribution in [0.5, 0.6) is 5.88 Å². The van der Waals surface area contributed by atoms with E-state index >= 15 is 0 Å². The molecule has 1 heterocycles. The molecule has 5 nitrogen and oxygen atoms in total. The highest BCUT2D eigenvalue weighted by Gasteiger charge is 2.13. The first-order valence-electron chi connectivity index (χ1n) is 9.39. The summed E-state index contributed by atoms with van der Waals surface area (Å²) in [5.74, 6) is -0.362. The van der Waals surface area contributed by atoms with Gasteiger partial charge in [0.2, 0.25) is 5.88 Å². The molecule has 0 amide bonds. The van der Waals surface area contributed by atoms with Gasteiger partial charge in [-0.1, -0.05) is 85.0 Å². The molecule has 148 valence electrons. The third-order valence-corrected chi connectivity index (χ3v) is 4.61. The smallest absolute Gasteiger partial charge is 0.334 e. The van der Waals surface area contributed by atoms with Gasteiger partial charge in [0.15, 0.2) is 0 Å². The molecule has 0 aliphatic heterocycles. The molecule has 0 bridgehead atoms.